The van der Waals surface area contributed by atoms with Crippen molar-refractivity contribution in [3.63, 3.8) is 0 Å². The molecule has 1 aromatic carbocycles. The first-order chi connectivity index (χ1) is 9.49. The van der Waals surface area contributed by atoms with Gasteiger partial charge in [-0.25, -0.2) is 4.39 Å². The zero-order valence-electron chi connectivity index (χ0n) is 10.6. The number of hydrogen-bond acceptors (Lipinski definition) is 4. The van der Waals surface area contributed by atoms with Gasteiger partial charge in [-0.2, -0.15) is 0 Å². The predicted octanol–water partition coefficient (Wildman–Crippen LogP) is 3.70. The third kappa shape index (κ3) is 3.03. The van der Waals surface area contributed by atoms with Gasteiger partial charge in [0.25, 0.3) is 5.69 Å². The van der Waals surface area contributed by atoms with Crippen LogP contribution in [0.3, 0.4) is 0 Å². The van der Waals surface area contributed by atoms with Crippen molar-refractivity contribution in [3.05, 3.63) is 62.7 Å². The Hall–Kier alpha value is -2.21. The average molecular weight is 296 g/mol. The van der Waals surface area contributed by atoms with Gasteiger partial charge in [-0.3, -0.25) is 15.1 Å². The molecule has 1 N–H and O–H groups in total. The van der Waals surface area contributed by atoms with E-state index in [0.29, 0.717) is 0 Å². The molecule has 2 rings (SSSR count). The number of nitro groups is 1. The molecule has 0 unspecified atom stereocenters. The number of pyridine rings is 1. The van der Waals surface area contributed by atoms with Crippen LogP contribution in [0.1, 0.15) is 11.3 Å². The third-order valence-corrected chi connectivity index (χ3v) is 3.09. The SMILES string of the molecule is Cc1cccnc1CNc1cc(F)c(Cl)cc1[N+](=O)[O-]. The summed E-state index contributed by atoms with van der Waals surface area (Å²) in [5.74, 6) is -0.711. The Morgan fingerprint density at radius 1 is 1.50 bits per heavy atom. The maximum absolute atomic E-state index is 13.4. The van der Waals surface area contributed by atoms with E-state index in [1.54, 1.807) is 12.3 Å². The largest absolute Gasteiger partial charge is 0.374 e. The molecule has 0 saturated heterocycles. The summed E-state index contributed by atoms with van der Waals surface area (Å²) in [5, 5.41) is 13.5. The minimum absolute atomic E-state index is 0.0713. The van der Waals surface area contributed by atoms with Crippen LogP contribution in [0.2, 0.25) is 5.02 Å². The first-order valence-electron chi connectivity index (χ1n) is 5.77. The minimum Gasteiger partial charge on any atom is -0.374 e. The quantitative estimate of drug-likeness (QED) is 0.690. The summed E-state index contributed by atoms with van der Waals surface area (Å²) in [6.45, 7) is 2.13. The second-order valence-corrected chi connectivity index (χ2v) is 4.57. The summed E-state index contributed by atoms with van der Waals surface area (Å²) in [5.41, 5.74) is 1.47. The molecule has 0 amide bonds. The van der Waals surface area contributed by atoms with E-state index in [9.17, 15) is 14.5 Å². The lowest BCUT2D eigenvalue weighted by atomic mass is 10.2. The Bertz CT molecular complexity index is 664. The van der Waals surface area contributed by atoms with Crippen molar-refractivity contribution in [2.24, 2.45) is 0 Å². The van der Waals surface area contributed by atoms with Gasteiger partial charge in [0.2, 0.25) is 0 Å². The second kappa shape index (κ2) is 5.83. The third-order valence-electron chi connectivity index (χ3n) is 2.80. The fourth-order valence-electron chi connectivity index (χ4n) is 1.71. The van der Waals surface area contributed by atoms with Crippen molar-refractivity contribution in [1.29, 1.82) is 0 Å². The summed E-state index contributed by atoms with van der Waals surface area (Å²) in [6.07, 6.45) is 1.63. The lowest BCUT2D eigenvalue weighted by Gasteiger charge is -2.09. The minimum atomic E-state index is -0.711. The molecule has 0 saturated carbocycles. The van der Waals surface area contributed by atoms with Gasteiger partial charge in [0.05, 0.1) is 22.2 Å². The highest BCUT2D eigenvalue weighted by atomic mass is 35.5. The van der Waals surface area contributed by atoms with E-state index in [1.165, 1.54) is 0 Å². The van der Waals surface area contributed by atoms with E-state index in [-0.39, 0.29) is 22.9 Å². The van der Waals surface area contributed by atoms with E-state index in [2.05, 4.69) is 10.3 Å². The number of nitrogens with zero attached hydrogens (tertiary/aromatic N) is 2. The number of aromatic nitrogens is 1. The number of benzene rings is 1. The molecule has 7 heteroatoms. The predicted molar refractivity (Wildman–Crippen MR) is 74.4 cm³/mol. The van der Waals surface area contributed by atoms with Crippen molar-refractivity contribution in [2.75, 3.05) is 5.32 Å². The van der Waals surface area contributed by atoms with E-state index in [0.717, 1.165) is 23.4 Å². The molecule has 5 nitrogen and oxygen atoms in total. The van der Waals surface area contributed by atoms with Crippen LogP contribution >= 0.6 is 11.6 Å². The fourth-order valence-corrected chi connectivity index (χ4v) is 1.87. The van der Waals surface area contributed by atoms with E-state index < -0.39 is 10.7 Å². The molecular weight excluding hydrogens is 285 g/mol. The number of anilines is 1. The van der Waals surface area contributed by atoms with Crippen molar-refractivity contribution >= 4 is 23.0 Å². The highest BCUT2D eigenvalue weighted by Crippen LogP contribution is 2.30. The van der Waals surface area contributed by atoms with E-state index >= 15 is 0 Å². The van der Waals surface area contributed by atoms with Gasteiger partial charge in [0.1, 0.15) is 11.5 Å². The normalized spacial score (nSPS) is 10.3. The van der Waals surface area contributed by atoms with Gasteiger partial charge in [0.15, 0.2) is 0 Å². The number of rotatable bonds is 4. The van der Waals surface area contributed by atoms with Gasteiger partial charge in [-0.05, 0) is 18.6 Å². The van der Waals surface area contributed by atoms with Crippen molar-refractivity contribution < 1.29 is 9.31 Å². The smallest absolute Gasteiger partial charge is 0.294 e. The highest BCUT2D eigenvalue weighted by Gasteiger charge is 2.17. The molecule has 1 aromatic heterocycles. The lowest BCUT2D eigenvalue weighted by Crippen LogP contribution is -2.06. The Morgan fingerprint density at radius 3 is 2.90 bits per heavy atom. The van der Waals surface area contributed by atoms with Crippen LogP contribution in [0.25, 0.3) is 0 Å². The van der Waals surface area contributed by atoms with Crippen LogP contribution < -0.4 is 5.32 Å². The first-order valence-corrected chi connectivity index (χ1v) is 6.14. The molecule has 20 heavy (non-hydrogen) atoms. The fraction of sp³-hybridized carbons (Fsp3) is 0.154. The Kier molecular flexibility index (Phi) is 4.14. The molecule has 0 aliphatic rings. The summed E-state index contributed by atoms with van der Waals surface area (Å²) in [6, 6.07) is 5.67. The van der Waals surface area contributed by atoms with Gasteiger partial charge in [-0.1, -0.05) is 17.7 Å². The maximum atomic E-state index is 13.4. The molecule has 2 aromatic rings. The molecule has 0 spiro atoms. The van der Waals surface area contributed by atoms with Crippen LogP contribution in [0.15, 0.2) is 30.5 Å². The first kappa shape index (κ1) is 14.2. The van der Waals surface area contributed by atoms with Gasteiger partial charge in [-0.15, -0.1) is 0 Å². The number of hydrogen-bond donors (Lipinski definition) is 1. The van der Waals surface area contributed by atoms with Crippen molar-refractivity contribution in [2.45, 2.75) is 13.5 Å². The number of nitro benzene ring substituents is 1. The molecule has 0 fully saturated rings. The standard InChI is InChI=1S/C13H11ClFN3O2/c1-8-3-2-4-16-12(8)7-17-11-6-10(15)9(14)5-13(11)18(19)20/h2-6,17H,7H2,1H3. The summed E-state index contributed by atoms with van der Waals surface area (Å²) in [4.78, 5) is 14.5. The number of halogens is 2. The Balaban J connectivity index is 2.27. The molecule has 0 aliphatic heterocycles. The van der Waals surface area contributed by atoms with Crippen LogP contribution in [0.4, 0.5) is 15.8 Å². The molecular formula is C13H11ClFN3O2. The molecule has 0 radical (unpaired) electrons. The zero-order chi connectivity index (χ0) is 14.7. The Morgan fingerprint density at radius 2 is 2.25 bits per heavy atom. The average Bonchev–Trinajstić information content (AvgIpc) is 2.41. The molecule has 0 aliphatic carbocycles. The zero-order valence-corrected chi connectivity index (χ0v) is 11.3. The van der Waals surface area contributed by atoms with Crippen molar-refractivity contribution in [3.8, 4) is 0 Å². The molecule has 0 atom stereocenters. The lowest BCUT2D eigenvalue weighted by molar-refractivity contribution is -0.384. The maximum Gasteiger partial charge on any atom is 0.294 e. The van der Waals surface area contributed by atoms with Gasteiger partial charge < -0.3 is 5.32 Å². The van der Waals surface area contributed by atoms with E-state index in [4.69, 9.17) is 11.6 Å². The molecule has 1 heterocycles. The highest BCUT2D eigenvalue weighted by molar-refractivity contribution is 6.31. The van der Waals surface area contributed by atoms with Crippen LogP contribution in [-0.4, -0.2) is 9.91 Å². The summed E-state index contributed by atoms with van der Waals surface area (Å²) < 4.78 is 13.4. The van der Waals surface area contributed by atoms with Crippen LogP contribution in [0.5, 0.6) is 0 Å². The summed E-state index contributed by atoms with van der Waals surface area (Å²) >= 11 is 5.55. The molecule has 104 valence electrons. The topological polar surface area (TPSA) is 68.1 Å². The molecule has 0 bridgehead atoms. The second-order valence-electron chi connectivity index (χ2n) is 4.16. The van der Waals surface area contributed by atoms with Gasteiger partial charge in [0, 0.05) is 18.3 Å². The summed E-state index contributed by atoms with van der Waals surface area (Å²) in [7, 11) is 0. The van der Waals surface area contributed by atoms with Gasteiger partial charge >= 0.3 is 0 Å². The van der Waals surface area contributed by atoms with Crippen molar-refractivity contribution in [1.82, 2.24) is 4.98 Å². The van der Waals surface area contributed by atoms with Crippen LogP contribution in [0, 0.1) is 22.9 Å². The van der Waals surface area contributed by atoms with E-state index in [1.807, 2.05) is 13.0 Å². The number of aryl methyl sites for hydroxylation is 1. The number of nitrogens with one attached hydrogen (secondary N) is 1. The van der Waals surface area contributed by atoms with Crippen LogP contribution in [-0.2, 0) is 6.54 Å². The Labute approximate surface area is 119 Å². The monoisotopic (exact) mass is 295 g/mol.